The van der Waals surface area contributed by atoms with Crippen LogP contribution in [0.3, 0.4) is 0 Å². The number of phenols is 1. The van der Waals surface area contributed by atoms with Crippen molar-refractivity contribution in [3.8, 4) is 34.3 Å². The first-order valence-electron chi connectivity index (χ1n) is 7.97. The van der Waals surface area contributed by atoms with Crippen LogP contribution in [0.2, 0.25) is 0 Å². The molecule has 0 saturated heterocycles. The van der Waals surface area contributed by atoms with Crippen molar-refractivity contribution in [2.75, 3.05) is 13.7 Å². The number of rotatable bonds is 4. The first kappa shape index (κ1) is 15.9. The van der Waals surface area contributed by atoms with E-state index in [1.165, 1.54) is 4.57 Å². The van der Waals surface area contributed by atoms with E-state index in [0.717, 1.165) is 12.0 Å². The molecule has 0 fully saturated rings. The second kappa shape index (κ2) is 6.07. The van der Waals surface area contributed by atoms with Gasteiger partial charge in [0.25, 0.3) is 5.91 Å². The Hall–Kier alpha value is -3.55. The maximum atomic E-state index is 11.8. The SMILES string of the molecule is COc1ccc(-n2c(C(N)=O)nnc2-c2cc3c(cc2O)OCC3)cc1. The van der Waals surface area contributed by atoms with Gasteiger partial charge in [-0.15, -0.1) is 10.2 Å². The van der Waals surface area contributed by atoms with Crippen LogP contribution in [0.5, 0.6) is 17.2 Å². The predicted octanol–water partition coefficient (Wildman–Crippen LogP) is 1.68. The molecule has 0 bridgehead atoms. The van der Waals surface area contributed by atoms with E-state index in [4.69, 9.17) is 15.2 Å². The summed E-state index contributed by atoms with van der Waals surface area (Å²) in [7, 11) is 1.57. The fraction of sp³-hybridized carbons (Fsp3) is 0.167. The third-order valence-electron chi connectivity index (χ3n) is 4.26. The molecule has 0 radical (unpaired) electrons. The van der Waals surface area contributed by atoms with Gasteiger partial charge in [0.15, 0.2) is 5.82 Å². The zero-order valence-corrected chi connectivity index (χ0v) is 14.0. The molecular weight excluding hydrogens is 336 g/mol. The summed E-state index contributed by atoms with van der Waals surface area (Å²) in [6, 6.07) is 10.4. The summed E-state index contributed by atoms with van der Waals surface area (Å²) in [5.74, 6) is 0.878. The average Bonchev–Trinajstić information content (AvgIpc) is 3.27. The Morgan fingerprint density at radius 1 is 1.27 bits per heavy atom. The van der Waals surface area contributed by atoms with E-state index in [9.17, 15) is 9.90 Å². The third-order valence-corrected chi connectivity index (χ3v) is 4.26. The van der Waals surface area contributed by atoms with E-state index in [0.29, 0.717) is 35.2 Å². The molecule has 3 aromatic rings. The maximum absolute atomic E-state index is 11.8. The van der Waals surface area contributed by atoms with Crippen molar-refractivity contribution < 1.29 is 19.4 Å². The van der Waals surface area contributed by atoms with E-state index in [1.54, 1.807) is 43.5 Å². The van der Waals surface area contributed by atoms with E-state index in [-0.39, 0.29) is 11.6 Å². The van der Waals surface area contributed by atoms with Crippen LogP contribution in [-0.2, 0) is 6.42 Å². The Kier molecular flexibility index (Phi) is 3.72. The molecule has 132 valence electrons. The van der Waals surface area contributed by atoms with Crippen molar-refractivity contribution in [1.29, 1.82) is 0 Å². The summed E-state index contributed by atoms with van der Waals surface area (Å²) < 4.78 is 12.1. The lowest BCUT2D eigenvalue weighted by Gasteiger charge is -2.12. The first-order valence-corrected chi connectivity index (χ1v) is 7.97. The number of nitrogens with zero attached hydrogens (tertiary/aromatic N) is 3. The van der Waals surface area contributed by atoms with E-state index in [2.05, 4.69) is 10.2 Å². The zero-order chi connectivity index (χ0) is 18.3. The number of carbonyl (C=O) groups is 1. The second-order valence-electron chi connectivity index (χ2n) is 5.82. The molecule has 2 aromatic carbocycles. The number of primary amides is 1. The number of carbonyl (C=O) groups excluding carboxylic acids is 1. The van der Waals surface area contributed by atoms with Gasteiger partial charge >= 0.3 is 0 Å². The van der Waals surface area contributed by atoms with Crippen molar-refractivity contribution in [2.45, 2.75) is 6.42 Å². The molecule has 1 aromatic heterocycles. The van der Waals surface area contributed by atoms with Gasteiger partial charge < -0.3 is 20.3 Å². The van der Waals surface area contributed by atoms with Gasteiger partial charge in [-0.1, -0.05) is 0 Å². The monoisotopic (exact) mass is 352 g/mol. The maximum Gasteiger partial charge on any atom is 0.287 e. The minimum atomic E-state index is -0.719. The summed E-state index contributed by atoms with van der Waals surface area (Å²) in [6.45, 7) is 0.565. The molecule has 0 spiro atoms. The molecule has 8 heteroatoms. The summed E-state index contributed by atoms with van der Waals surface area (Å²) >= 11 is 0. The number of aromatic hydroxyl groups is 1. The minimum Gasteiger partial charge on any atom is -0.507 e. The van der Waals surface area contributed by atoms with Gasteiger partial charge in [-0.2, -0.15) is 0 Å². The Morgan fingerprint density at radius 2 is 2.04 bits per heavy atom. The number of phenolic OH excluding ortho intramolecular Hbond substituents is 1. The van der Waals surface area contributed by atoms with Crippen LogP contribution in [0.15, 0.2) is 36.4 Å². The van der Waals surface area contributed by atoms with Crippen LogP contribution in [0.4, 0.5) is 0 Å². The van der Waals surface area contributed by atoms with Gasteiger partial charge in [0.2, 0.25) is 5.82 Å². The number of ether oxygens (including phenoxy) is 2. The lowest BCUT2D eigenvalue weighted by atomic mass is 10.1. The van der Waals surface area contributed by atoms with Gasteiger partial charge in [-0.3, -0.25) is 9.36 Å². The third kappa shape index (κ3) is 2.52. The minimum absolute atomic E-state index is 0.0103. The molecule has 1 amide bonds. The number of hydrogen-bond acceptors (Lipinski definition) is 6. The number of amides is 1. The van der Waals surface area contributed by atoms with Gasteiger partial charge in [0.1, 0.15) is 17.2 Å². The summed E-state index contributed by atoms with van der Waals surface area (Å²) in [4.78, 5) is 11.8. The van der Waals surface area contributed by atoms with E-state index >= 15 is 0 Å². The quantitative estimate of drug-likeness (QED) is 0.739. The molecule has 2 heterocycles. The molecule has 0 atom stereocenters. The highest BCUT2D eigenvalue weighted by atomic mass is 16.5. The molecule has 3 N–H and O–H groups in total. The zero-order valence-electron chi connectivity index (χ0n) is 14.0. The highest BCUT2D eigenvalue weighted by molar-refractivity contribution is 5.91. The van der Waals surface area contributed by atoms with Gasteiger partial charge in [-0.25, -0.2) is 0 Å². The fourth-order valence-corrected chi connectivity index (χ4v) is 2.99. The number of benzene rings is 2. The highest BCUT2D eigenvalue weighted by Gasteiger charge is 2.24. The number of fused-ring (bicyclic) bond motifs is 1. The van der Waals surface area contributed by atoms with Crippen LogP contribution in [0.1, 0.15) is 16.2 Å². The van der Waals surface area contributed by atoms with Crippen molar-refractivity contribution in [3.05, 3.63) is 47.8 Å². The van der Waals surface area contributed by atoms with Crippen molar-refractivity contribution in [1.82, 2.24) is 14.8 Å². The van der Waals surface area contributed by atoms with Crippen LogP contribution in [0, 0.1) is 0 Å². The Morgan fingerprint density at radius 3 is 2.73 bits per heavy atom. The van der Waals surface area contributed by atoms with Crippen LogP contribution in [-0.4, -0.2) is 39.5 Å². The topological polar surface area (TPSA) is 112 Å². The lowest BCUT2D eigenvalue weighted by molar-refractivity contribution is 0.0988. The number of aromatic nitrogens is 3. The first-order chi connectivity index (χ1) is 12.6. The largest absolute Gasteiger partial charge is 0.507 e. The molecule has 0 aliphatic carbocycles. The standard InChI is InChI=1S/C18H16N4O4/c1-25-12-4-2-11(3-5-12)22-17(20-21-18(22)16(19)24)13-8-10-6-7-26-15(10)9-14(13)23/h2-5,8-9,23H,6-7H2,1H3,(H2,19,24). The number of hydrogen-bond donors (Lipinski definition) is 2. The van der Waals surface area contributed by atoms with E-state index in [1.807, 2.05) is 0 Å². The van der Waals surface area contributed by atoms with E-state index < -0.39 is 5.91 Å². The number of methoxy groups -OCH3 is 1. The van der Waals surface area contributed by atoms with Gasteiger partial charge in [-0.05, 0) is 35.9 Å². The molecule has 1 aliphatic rings. The number of nitrogens with two attached hydrogens (primary N) is 1. The summed E-state index contributed by atoms with van der Waals surface area (Å²) in [6.07, 6.45) is 0.738. The molecule has 4 rings (SSSR count). The summed E-state index contributed by atoms with van der Waals surface area (Å²) in [5.41, 5.74) is 7.49. The highest BCUT2D eigenvalue weighted by Crippen LogP contribution is 2.38. The van der Waals surface area contributed by atoms with Crippen molar-refractivity contribution in [3.63, 3.8) is 0 Å². The Balaban J connectivity index is 1.91. The Labute approximate surface area is 148 Å². The molecule has 0 saturated carbocycles. The van der Waals surface area contributed by atoms with Crippen molar-refractivity contribution in [2.24, 2.45) is 5.73 Å². The normalized spacial score (nSPS) is 12.5. The smallest absolute Gasteiger partial charge is 0.287 e. The fourth-order valence-electron chi connectivity index (χ4n) is 2.99. The molecule has 8 nitrogen and oxygen atoms in total. The van der Waals surface area contributed by atoms with Gasteiger partial charge in [0, 0.05) is 18.2 Å². The van der Waals surface area contributed by atoms with Crippen LogP contribution < -0.4 is 15.2 Å². The molecule has 0 unspecified atom stereocenters. The average molecular weight is 352 g/mol. The second-order valence-corrected chi connectivity index (χ2v) is 5.82. The van der Waals surface area contributed by atoms with Crippen LogP contribution in [0.25, 0.3) is 17.1 Å². The lowest BCUT2D eigenvalue weighted by Crippen LogP contribution is -2.17. The Bertz CT molecular complexity index is 995. The summed E-state index contributed by atoms with van der Waals surface area (Å²) in [5, 5.41) is 18.4. The van der Waals surface area contributed by atoms with Crippen LogP contribution >= 0.6 is 0 Å². The molecular formula is C18H16N4O4. The molecule has 26 heavy (non-hydrogen) atoms. The predicted molar refractivity (Wildman–Crippen MR) is 92.7 cm³/mol. The van der Waals surface area contributed by atoms with Gasteiger partial charge in [0.05, 0.1) is 19.3 Å². The van der Waals surface area contributed by atoms with Crippen molar-refractivity contribution >= 4 is 5.91 Å². The molecule has 1 aliphatic heterocycles.